The summed E-state index contributed by atoms with van der Waals surface area (Å²) in [6.07, 6.45) is 1.52. The largest absolute Gasteiger partial charge is 0.496 e. The number of H-pyrrole nitrogens is 1. The summed E-state index contributed by atoms with van der Waals surface area (Å²) in [5, 5.41) is 10.5. The van der Waals surface area contributed by atoms with Gasteiger partial charge in [0, 0.05) is 10.6 Å². The Morgan fingerprint density at radius 2 is 2.12 bits per heavy atom. The zero-order chi connectivity index (χ0) is 17.1. The van der Waals surface area contributed by atoms with Crippen molar-refractivity contribution in [3.63, 3.8) is 0 Å². The maximum absolute atomic E-state index is 11.6. The average Bonchev–Trinajstić information content (AvgIpc) is 2.96. The van der Waals surface area contributed by atoms with Gasteiger partial charge >= 0.3 is 5.97 Å². The molecule has 5 nitrogen and oxygen atoms in total. The maximum atomic E-state index is 11.6. The minimum absolute atomic E-state index is 0.106. The van der Waals surface area contributed by atoms with E-state index in [-0.39, 0.29) is 4.91 Å². The first-order valence-electron chi connectivity index (χ1n) is 6.98. The molecular weight excluding hydrogens is 348 g/mol. The Morgan fingerprint density at radius 1 is 1.33 bits per heavy atom. The van der Waals surface area contributed by atoms with E-state index in [1.165, 1.54) is 13.2 Å². The van der Waals surface area contributed by atoms with E-state index in [0.717, 1.165) is 22.8 Å². The summed E-state index contributed by atoms with van der Waals surface area (Å²) in [5.41, 5.74) is 2.22. The monoisotopic (exact) mass is 360 g/mol. The molecule has 0 saturated carbocycles. The zero-order valence-electron chi connectivity index (χ0n) is 12.6. The molecule has 2 aromatic carbocycles. The van der Waals surface area contributed by atoms with Crippen molar-refractivity contribution in [3.8, 4) is 5.75 Å². The molecule has 1 heterocycles. The smallest absolute Gasteiger partial charge is 0.342 e. The molecule has 2 N–H and O–H groups in total. The highest BCUT2D eigenvalue weighted by Crippen LogP contribution is 2.31. The molecule has 0 aliphatic heterocycles. The lowest BCUT2D eigenvalue weighted by atomic mass is 10.2. The molecule has 0 bridgehead atoms. The van der Waals surface area contributed by atoms with Gasteiger partial charge in [-0.2, -0.15) is 0 Å². The van der Waals surface area contributed by atoms with Gasteiger partial charge in [-0.1, -0.05) is 23.7 Å². The number of carbonyl (C=O) groups is 1. The van der Waals surface area contributed by atoms with Crippen LogP contribution >= 0.6 is 23.4 Å². The third-order valence-corrected chi connectivity index (χ3v) is 4.40. The SMILES string of the molecule is COc1ccc(Cl)cc1/C=C(\Sc1nc2ccccc2[nH]1)C(=O)O. The number of nitrogens with zero attached hydrogens (tertiary/aromatic N) is 1. The van der Waals surface area contributed by atoms with E-state index >= 15 is 0 Å². The predicted molar refractivity (Wildman–Crippen MR) is 95.6 cm³/mol. The molecule has 7 heteroatoms. The number of nitrogens with one attached hydrogen (secondary N) is 1. The summed E-state index contributed by atoms with van der Waals surface area (Å²) in [6, 6.07) is 12.5. The number of hydrogen-bond donors (Lipinski definition) is 2. The van der Waals surface area contributed by atoms with Crippen LogP contribution in [0.3, 0.4) is 0 Å². The summed E-state index contributed by atoms with van der Waals surface area (Å²) in [6.45, 7) is 0. The van der Waals surface area contributed by atoms with Crippen LogP contribution in [-0.4, -0.2) is 28.2 Å². The van der Waals surface area contributed by atoms with Crippen LogP contribution in [0.25, 0.3) is 17.1 Å². The summed E-state index contributed by atoms with van der Waals surface area (Å²) in [4.78, 5) is 19.2. The van der Waals surface area contributed by atoms with Crippen molar-refractivity contribution >= 4 is 46.4 Å². The molecule has 3 rings (SSSR count). The molecule has 0 atom stereocenters. The Labute approximate surface area is 147 Å². The molecule has 24 heavy (non-hydrogen) atoms. The fourth-order valence-corrected chi connectivity index (χ4v) is 3.14. The normalized spacial score (nSPS) is 11.7. The van der Waals surface area contributed by atoms with Crippen molar-refractivity contribution in [2.24, 2.45) is 0 Å². The first-order chi connectivity index (χ1) is 11.6. The molecule has 122 valence electrons. The summed E-state index contributed by atoms with van der Waals surface area (Å²) in [7, 11) is 1.52. The van der Waals surface area contributed by atoms with E-state index < -0.39 is 5.97 Å². The Balaban J connectivity index is 1.98. The van der Waals surface area contributed by atoms with Gasteiger partial charge in [0.25, 0.3) is 0 Å². The molecule has 0 unspecified atom stereocenters. The quantitative estimate of drug-likeness (QED) is 0.519. The fourth-order valence-electron chi connectivity index (χ4n) is 2.18. The lowest BCUT2D eigenvalue weighted by Crippen LogP contribution is -1.98. The van der Waals surface area contributed by atoms with Crippen LogP contribution in [0.4, 0.5) is 0 Å². The van der Waals surface area contributed by atoms with E-state index in [0.29, 0.717) is 21.5 Å². The number of fused-ring (bicyclic) bond motifs is 1. The summed E-state index contributed by atoms with van der Waals surface area (Å²) >= 11 is 7.03. The molecule has 0 aliphatic carbocycles. The van der Waals surface area contributed by atoms with Crippen molar-refractivity contribution in [2.75, 3.05) is 7.11 Å². The van der Waals surface area contributed by atoms with E-state index in [1.807, 2.05) is 24.3 Å². The number of imidazole rings is 1. The minimum atomic E-state index is -1.05. The van der Waals surface area contributed by atoms with Crippen LogP contribution in [0, 0.1) is 0 Å². The molecule has 3 aromatic rings. The number of halogens is 1. The third kappa shape index (κ3) is 3.55. The Hall–Kier alpha value is -2.44. The first-order valence-corrected chi connectivity index (χ1v) is 8.17. The standard InChI is InChI=1S/C17H13ClN2O3S/c1-23-14-7-6-11(18)8-10(14)9-15(16(21)22)24-17-19-12-4-2-3-5-13(12)20-17/h2-9H,1H3,(H,19,20)(H,21,22)/b15-9-. The molecule has 0 aliphatic rings. The molecule has 0 amide bonds. The summed E-state index contributed by atoms with van der Waals surface area (Å²) < 4.78 is 5.25. The number of ether oxygens (including phenoxy) is 1. The van der Waals surface area contributed by atoms with Crippen molar-refractivity contribution < 1.29 is 14.6 Å². The highest BCUT2D eigenvalue weighted by Gasteiger charge is 2.14. The number of methoxy groups -OCH3 is 1. The van der Waals surface area contributed by atoms with Crippen LogP contribution in [0.2, 0.25) is 5.02 Å². The predicted octanol–water partition coefficient (Wildman–Crippen LogP) is 4.44. The molecule has 0 saturated heterocycles. The third-order valence-electron chi connectivity index (χ3n) is 3.26. The minimum Gasteiger partial charge on any atom is -0.496 e. The number of hydrogen-bond acceptors (Lipinski definition) is 4. The van der Waals surface area contributed by atoms with Crippen LogP contribution in [0.1, 0.15) is 5.56 Å². The van der Waals surface area contributed by atoms with E-state index in [1.54, 1.807) is 18.2 Å². The van der Waals surface area contributed by atoms with E-state index in [4.69, 9.17) is 16.3 Å². The number of thioether (sulfide) groups is 1. The lowest BCUT2D eigenvalue weighted by Gasteiger charge is -2.06. The highest BCUT2D eigenvalue weighted by atomic mass is 35.5. The van der Waals surface area contributed by atoms with Crippen molar-refractivity contribution in [1.29, 1.82) is 0 Å². The van der Waals surface area contributed by atoms with Gasteiger partial charge in [0.1, 0.15) is 10.7 Å². The van der Waals surface area contributed by atoms with Gasteiger partial charge in [0.15, 0.2) is 5.16 Å². The number of aliphatic carboxylic acids is 1. The second-order valence-corrected chi connectivity index (χ2v) is 6.33. The van der Waals surface area contributed by atoms with Gasteiger partial charge in [-0.3, -0.25) is 0 Å². The second-order valence-electron chi connectivity index (χ2n) is 4.86. The van der Waals surface area contributed by atoms with E-state index in [2.05, 4.69) is 9.97 Å². The van der Waals surface area contributed by atoms with Crippen molar-refractivity contribution in [1.82, 2.24) is 9.97 Å². The van der Waals surface area contributed by atoms with Gasteiger partial charge < -0.3 is 14.8 Å². The molecular formula is C17H13ClN2O3S. The summed E-state index contributed by atoms with van der Waals surface area (Å²) in [5.74, 6) is -0.508. The number of carboxylic acids is 1. The average molecular weight is 361 g/mol. The molecule has 1 aromatic heterocycles. The molecule has 0 fully saturated rings. The van der Waals surface area contributed by atoms with Crippen LogP contribution in [0.15, 0.2) is 52.5 Å². The second kappa shape index (κ2) is 6.98. The zero-order valence-corrected chi connectivity index (χ0v) is 14.2. The Bertz CT molecular complexity index is 903. The Morgan fingerprint density at radius 3 is 2.83 bits per heavy atom. The first kappa shape index (κ1) is 16.4. The maximum Gasteiger partial charge on any atom is 0.342 e. The number of aromatic amines is 1. The number of carboxylic acid groups (broad SMARTS) is 1. The van der Waals surface area contributed by atoms with Crippen LogP contribution in [-0.2, 0) is 4.79 Å². The van der Waals surface area contributed by atoms with E-state index in [9.17, 15) is 9.90 Å². The van der Waals surface area contributed by atoms with Gasteiger partial charge in [-0.05, 0) is 48.2 Å². The Kier molecular flexibility index (Phi) is 4.78. The van der Waals surface area contributed by atoms with Gasteiger partial charge in [0.2, 0.25) is 0 Å². The van der Waals surface area contributed by atoms with Crippen LogP contribution < -0.4 is 4.74 Å². The molecule has 0 radical (unpaired) electrons. The molecule has 0 spiro atoms. The van der Waals surface area contributed by atoms with Crippen molar-refractivity contribution in [2.45, 2.75) is 5.16 Å². The van der Waals surface area contributed by atoms with Gasteiger partial charge in [-0.15, -0.1) is 0 Å². The number of benzene rings is 2. The fraction of sp³-hybridized carbons (Fsp3) is 0.0588. The lowest BCUT2D eigenvalue weighted by molar-refractivity contribution is -0.131. The highest BCUT2D eigenvalue weighted by molar-refractivity contribution is 8.04. The topological polar surface area (TPSA) is 75.2 Å². The van der Waals surface area contributed by atoms with Gasteiger partial charge in [0.05, 0.1) is 18.1 Å². The number of para-hydroxylation sites is 2. The number of rotatable bonds is 5. The number of aromatic nitrogens is 2. The van der Waals surface area contributed by atoms with Crippen molar-refractivity contribution in [3.05, 3.63) is 58.0 Å². The van der Waals surface area contributed by atoms with Gasteiger partial charge in [-0.25, -0.2) is 9.78 Å². The van der Waals surface area contributed by atoms with Crippen LogP contribution in [0.5, 0.6) is 5.75 Å².